The van der Waals surface area contributed by atoms with Crippen molar-refractivity contribution in [2.24, 2.45) is 0 Å². The maximum Gasteiger partial charge on any atom is 0.337 e. The van der Waals surface area contributed by atoms with Crippen LogP contribution >= 0.6 is 0 Å². The molecular weight excluding hydrogens is 158 g/mol. The van der Waals surface area contributed by atoms with Gasteiger partial charge in [0.25, 0.3) is 0 Å². The van der Waals surface area contributed by atoms with E-state index in [0.717, 1.165) is 0 Å². The molecule has 0 amide bonds. The summed E-state index contributed by atoms with van der Waals surface area (Å²) in [5.41, 5.74) is 0.792. The van der Waals surface area contributed by atoms with Crippen molar-refractivity contribution in [3.63, 3.8) is 0 Å². The minimum atomic E-state index is -1.01. The lowest BCUT2D eigenvalue weighted by molar-refractivity contribution is 0.0694. The first-order valence-corrected chi connectivity index (χ1v) is 3.46. The first-order valence-electron chi connectivity index (χ1n) is 3.46. The minimum Gasteiger partial charge on any atom is -0.478 e. The number of rotatable bonds is 1. The van der Waals surface area contributed by atoms with Crippen molar-refractivity contribution in [1.29, 1.82) is 0 Å². The van der Waals surface area contributed by atoms with Crippen LogP contribution in [-0.4, -0.2) is 16.1 Å². The number of aromatic nitrogens is 1. The molecule has 12 heavy (non-hydrogen) atoms. The predicted octanol–water partition coefficient (Wildman–Crippen LogP) is 0.690. The maximum atomic E-state index is 10.8. The summed E-state index contributed by atoms with van der Waals surface area (Å²) >= 11 is 0. The summed E-state index contributed by atoms with van der Waals surface area (Å²) in [6.45, 7) is 3.17. The van der Waals surface area contributed by atoms with E-state index in [9.17, 15) is 9.59 Å². The number of aromatic carboxylic acids is 1. The van der Waals surface area contributed by atoms with Crippen molar-refractivity contribution in [2.45, 2.75) is 13.8 Å². The standard InChI is InChI=1S/C8H9NO3/c1-4-3-6(10)9-5(2)7(4)8(11)12/h3H,1-2H3,(H,9,10)(H,11,12). The summed E-state index contributed by atoms with van der Waals surface area (Å²) in [5, 5.41) is 8.72. The van der Waals surface area contributed by atoms with Crippen LogP contribution in [0.15, 0.2) is 10.9 Å². The summed E-state index contributed by atoms with van der Waals surface area (Å²) in [4.78, 5) is 23.9. The normalized spacial score (nSPS) is 9.83. The third kappa shape index (κ3) is 1.37. The lowest BCUT2D eigenvalue weighted by atomic mass is 10.1. The van der Waals surface area contributed by atoms with Crippen molar-refractivity contribution in [3.8, 4) is 0 Å². The van der Waals surface area contributed by atoms with E-state index in [0.29, 0.717) is 11.3 Å². The molecule has 0 aromatic carbocycles. The molecule has 0 saturated heterocycles. The van der Waals surface area contributed by atoms with Crippen LogP contribution in [0.25, 0.3) is 0 Å². The third-order valence-corrected chi connectivity index (χ3v) is 1.64. The Labute approximate surface area is 68.9 Å². The second kappa shape index (κ2) is 2.81. The van der Waals surface area contributed by atoms with E-state index < -0.39 is 5.97 Å². The quantitative estimate of drug-likeness (QED) is 0.646. The van der Waals surface area contributed by atoms with Gasteiger partial charge in [-0.2, -0.15) is 0 Å². The van der Waals surface area contributed by atoms with Crippen molar-refractivity contribution in [2.75, 3.05) is 0 Å². The minimum absolute atomic E-state index is 0.176. The molecule has 4 heteroatoms. The topological polar surface area (TPSA) is 70.2 Å². The fraction of sp³-hybridized carbons (Fsp3) is 0.250. The van der Waals surface area contributed by atoms with E-state index >= 15 is 0 Å². The molecule has 1 rings (SSSR count). The Hall–Kier alpha value is -1.58. The van der Waals surface area contributed by atoms with Gasteiger partial charge < -0.3 is 10.1 Å². The van der Waals surface area contributed by atoms with E-state index in [4.69, 9.17) is 5.11 Å². The van der Waals surface area contributed by atoms with Gasteiger partial charge in [0.15, 0.2) is 0 Å². The highest BCUT2D eigenvalue weighted by Crippen LogP contribution is 2.07. The summed E-state index contributed by atoms with van der Waals surface area (Å²) in [7, 11) is 0. The van der Waals surface area contributed by atoms with Crippen LogP contribution < -0.4 is 5.56 Å². The Morgan fingerprint density at radius 1 is 1.50 bits per heavy atom. The number of H-pyrrole nitrogens is 1. The van der Waals surface area contributed by atoms with Gasteiger partial charge in [-0.05, 0) is 19.4 Å². The summed E-state index contributed by atoms with van der Waals surface area (Å²) in [6.07, 6.45) is 0. The van der Waals surface area contributed by atoms with Gasteiger partial charge >= 0.3 is 5.97 Å². The Kier molecular flexibility index (Phi) is 1.99. The first-order chi connectivity index (χ1) is 5.52. The highest BCUT2D eigenvalue weighted by molar-refractivity contribution is 5.90. The number of nitrogens with one attached hydrogen (secondary N) is 1. The highest BCUT2D eigenvalue weighted by atomic mass is 16.4. The van der Waals surface area contributed by atoms with Crippen molar-refractivity contribution in [3.05, 3.63) is 33.2 Å². The fourth-order valence-electron chi connectivity index (χ4n) is 1.18. The Morgan fingerprint density at radius 3 is 2.50 bits per heavy atom. The van der Waals surface area contributed by atoms with Gasteiger partial charge in [-0.1, -0.05) is 0 Å². The lowest BCUT2D eigenvalue weighted by Gasteiger charge is -2.02. The largest absolute Gasteiger partial charge is 0.478 e. The molecule has 0 radical (unpaired) electrons. The van der Waals surface area contributed by atoms with E-state index in [1.165, 1.54) is 6.07 Å². The third-order valence-electron chi connectivity index (χ3n) is 1.64. The Balaban J connectivity index is 3.48. The second-order valence-corrected chi connectivity index (χ2v) is 2.62. The van der Waals surface area contributed by atoms with Crippen molar-refractivity contribution < 1.29 is 9.90 Å². The molecule has 2 N–H and O–H groups in total. The Morgan fingerprint density at radius 2 is 2.08 bits per heavy atom. The highest BCUT2D eigenvalue weighted by Gasteiger charge is 2.10. The van der Waals surface area contributed by atoms with Crippen LogP contribution in [-0.2, 0) is 0 Å². The van der Waals surface area contributed by atoms with E-state index in [2.05, 4.69) is 4.98 Å². The summed E-state index contributed by atoms with van der Waals surface area (Å²) in [6, 6.07) is 1.27. The summed E-state index contributed by atoms with van der Waals surface area (Å²) in [5.74, 6) is -1.01. The van der Waals surface area contributed by atoms with E-state index in [1.807, 2.05) is 0 Å². The SMILES string of the molecule is Cc1cc(=O)[nH]c(C)c1C(=O)O. The van der Waals surface area contributed by atoms with Crippen molar-refractivity contribution in [1.82, 2.24) is 4.98 Å². The van der Waals surface area contributed by atoms with Crippen LogP contribution in [0, 0.1) is 13.8 Å². The molecule has 1 heterocycles. The maximum absolute atomic E-state index is 10.8. The van der Waals surface area contributed by atoms with Gasteiger partial charge in [0.1, 0.15) is 0 Å². The molecule has 0 unspecified atom stereocenters. The van der Waals surface area contributed by atoms with Gasteiger partial charge in [0.05, 0.1) is 5.56 Å². The van der Waals surface area contributed by atoms with Crippen LogP contribution in [0.4, 0.5) is 0 Å². The van der Waals surface area contributed by atoms with Crippen LogP contribution in [0.2, 0.25) is 0 Å². The second-order valence-electron chi connectivity index (χ2n) is 2.62. The number of aryl methyl sites for hydroxylation is 2. The van der Waals surface area contributed by atoms with Crippen LogP contribution in [0.5, 0.6) is 0 Å². The molecule has 0 aliphatic rings. The van der Waals surface area contributed by atoms with E-state index in [1.54, 1.807) is 13.8 Å². The van der Waals surface area contributed by atoms with Gasteiger partial charge in [0, 0.05) is 11.8 Å². The lowest BCUT2D eigenvalue weighted by Crippen LogP contribution is -2.13. The number of carboxylic acid groups (broad SMARTS) is 1. The molecule has 64 valence electrons. The zero-order chi connectivity index (χ0) is 9.30. The zero-order valence-corrected chi connectivity index (χ0v) is 6.84. The van der Waals surface area contributed by atoms with Crippen LogP contribution in [0.3, 0.4) is 0 Å². The number of aromatic amines is 1. The zero-order valence-electron chi connectivity index (χ0n) is 6.84. The number of carbonyl (C=O) groups is 1. The number of hydrogen-bond donors (Lipinski definition) is 2. The van der Waals surface area contributed by atoms with Crippen LogP contribution in [0.1, 0.15) is 21.6 Å². The van der Waals surface area contributed by atoms with Gasteiger partial charge in [-0.3, -0.25) is 4.79 Å². The molecule has 0 bridgehead atoms. The molecule has 0 aliphatic heterocycles. The number of hydrogen-bond acceptors (Lipinski definition) is 2. The predicted molar refractivity (Wildman–Crippen MR) is 43.5 cm³/mol. The molecule has 0 fully saturated rings. The van der Waals surface area contributed by atoms with Gasteiger partial charge in [-0.25, -0.2) is 4.79 Å². The molecular formula is C8H9NO3. The molecule has 1 aromatic rings. The fourth-order valence-corrected chi connectivity index (χ4v) is 1.18. The van der Waals surface area contributed by atoms with E-state index in [-0.39, 0.29) is 11.1 Å². The Bertz CT molecular complexity index is 352. The average Bonchev–Trinajstić information content (AvgIpc) is 1.82. The van der Waals surface area contributed by atoms with Crippen molar-refractivity contribution >= 4 is 5.97 Å². The molecule has 0 atom stereocenters. The monoisotopic (exact) mass is 167 g/mol. The molecule has 4 nitrogen and oxygen atoms in total. The molecule has 1 aromatic heterocycles. The average molecular weight is 167 g/mol. The molecule has 0 saturated carbocycles. The van der Waals surface area contributed by atoms with Gasteiger partial charge in [-0.15, -0.1) is 0 Å². The summed E-state index contributed by atoms with van der Waals surface area (Å²) < 4.78 is 0. The number of carboxylic acids is 1. The number of pyridine rings is 1. The molecule has 0 aliphatic carbocycles. The molecule has 0 spiro atoms. The van der Waals surface area contributed by atoms with Gasteiger partial charge in [0.2, 0.25) is 5.56 Å². The first kappa shape index (κ1) is 8.52. The smallest absolute Gasteiger partial charge is 0.337 e.